The first-order valence-electron chi connectivity index (χ1n) is 9.95. The molecule has 28 heavy (non-hydrogen) atoms. The van der Waals surface area contributed by atoms with Crippen LogP contribution in [0.2, 0.25) is 0 Å². The quantitative estimate of drug-likeness (QED) is 0.864. The Bertz CT molecular complexity index is 893. The molecule has 0 radical (unpaired) electrons. The monoisotopic (exact) mass is 378 g/mol. The summed E-state index contributed by atoms with van der Waals surface area (Å²) in [4.78, 5) is 27.4. The number of hydrogen-bond acceptors (Lipinski definition) is 3. The SMILES string of the molecule is CC(C)Oc1ccccc1NC(=O)C1CC1C(=O)N1CCc2ccccc2C1. The number of rotatable bonds is 5. The zero-order valence-corrected chi connectivity index (χ0v) is 16.4. The fourth-order valence-corrected chi connectivity index (χ4v) is 3.83. The van der Waals surface area contributed by atoms with Crippen LogP contribution in [0.4, 0.5) is 5.69 Å². The lowest BCUT2D eigenvalue weighted by Gasteiger charge is -2.29. The van der Waals surface area contributed by atoms with Crippen LogP contribution in [0, 0.1) is 11.8 Å². The van der Waals surface area contributed by atoms with Gasteiger partial charge < -0.3 is 15.0 Å². The molecule has 0 aromatic heterocycles. The van der Waals surface area contributed by atoms with Crippen LogP contribution in [0.25, 0.3) is 0 Å². The minimum atomic E-state index is -0.253. The highest BCUT2D eigenvalue weighted by Crippen LogP contribution is 2.42. The van der Waals surface area contributed by atoms with Gasteiger partial charge in [0.25, 0.3) is 0 Å². The molecule has 2 amide bonds. The molecule has 2 aromatic carbocycles. The number of nitrogens with zero attached hydrogens (tertiary/aromatic N) is 1. The molecule has 1 aliphatic carbocycles. The highest BCUT2D eigenvalue weighted by atomic mass is 16.5. The minimum absolute atomic E-state index is 0.0234. The van der Waals surface area contributed by atoms with E-state index in [0.29, 0.717) is 24.4 Å². The van der Waals surface area contributed by atoms with Crippen LogP contribution >= 0.6 is 0 Å². The number of amides is 2. The van der Waals surface area contributed by atoms with Gasteiger partial charge in [-0.3, -0.25) is 9.59 Å². The lowest BCUT2D eigenvalue weighted by molar-refractivity contribution is -0.135. The lowest BCUT2D eigenvalue weighted by Crippen LogP contribution is -2.37. The molecule has 5 nitrogen and oxygen atoms in total. The van der Waals surface area contributed by atoms with Gasteiger partial charge in [-0.1, -0.05) is 36.4 Å². The molecule has 0 saturated heterocycles. The average molecular weight is 378 g/mol. The largest absolute Gasteiger partial charge is 0.489 e. The van der Waals surface area contributed by atoms with Crippen LogP contribution in [-0.2, 0) is 22.6 Å². The number of carbonyl (C=O) groups excluding carboxylic acids is 2. The highest BCUT2D eigenvalue weighted by Gasteiger charge is 2.49. The standard InChI is InChI=1S/C23H26N2O3/c1-15(2)28-21-10-6-5-9-20(21)24-22(26)18-13-19(18)23(27)25-12-11-16-7-3-4-8-17(16)14-25/h3-10,15,18-19H,11-14H2,1-2H3,(H,24,26). The number of benzene rings is 2. The summed E-state index contributed by atoms with van der Waals surface area (Å²) in [5.74, 6) is 0.194. The van der Waals surface area contributed by atoms with Crippen molar-refractivity contribution in [2.45, 2.75) is 39.3 Å². The van der Waals surface area contributed by atoms with Crippen molar-refractivity contribution in [3.63, 3.8) is 0 Å². The molecular formula is C23H26N2O3. The van der Waals surface area contributed by atoms with Gasteiger partial charge in [0.05, 0.1) is 23.6 Å². The Labute approximate surface area is 165 Å². The Morgan fingerprint density at radius 1 is 1.04 bits per heavy atom. The van der Waals surface area contributed by atoms with E-state index in [1.165, 1.54) is 11.1 Å². The summed E-state index contributed by atoms with van der Waals surface area (Å²) in [7, 11) is 0. The van der Waals surface area contributed by atoms with Gasteiger partial charge in [0.2, 0.25) is 11.8 Å². The summed E-state index contributed by atoms with van der Waals surface area (Å²) in [6.07, 6.45) is 1.52. The molecule has 1 fully saturated rings. The predicted molar refractivity (Wildman–Crippen MR) is 108 cm³/mol. The fourth-order valence-electron chi connectivity index (χ4n) is 3.83. The first-order valence-corrected chi connectivity index (χ1v) is 9.95. The second-order valence-electron chi connectivity index (χ2n) is 7.88. The Balaban J connectivity index is 1.37. The van der Waals surface area contributed by atoms with Crippen LogP contribution in [0.3, 0.4) is 0 Å². The van der Waals surface area contributed by atoms with Crippen molar-refractivity contribution in [2.24, 2.45) is 11.8 Å². The van der Waals surface area contributed by atoms with E-state index in [4.69, 9.17) is 4.74 Å². The summed E-state index contributed by atoms with van der Waals surface area (Å²) < 4.78 is 5.76. The maximum absolute atomic E-state index is 12.9. The molecule has 0 spiro atoms. The van der Waals surface area contributed by atoms with E-state index >= 15 is 0 Å². The van der Waals surface area contributed by atoms with E-state index in [2.05, 4.69) is 17.4 Å². The first-order chi connectivity index (χ1) is 13.5. The molecule has 1 heterocycles. The molecule has 0 bridgehead atoms. The molecule has 1 N–H and O–H groups in total. The number of anilines is 1. The molecule has 146 valence electrons. The zero-order chi connectivity index (χ0) is 19.7. The molecule has 5 heteroatoms. The second-order valence-corrected chi connectivity index (χ2v) is 7.88. The second kappa shape index (κ2) is 7.66. The number of nitrogens with one attached hydrogen (secondary N) is 1. The Kier molecular flexibility index (Phi) is 5.07. The average Bonchev–Trinajstić information content (AvgIpc) is 3.49. The summed E-state index contributed by atoms with van der Waals surface area (Å²) in [5, 5.41) is 2.95. The van der Waals surface area contributed by atoms with Gasteiger partial charge >= 0.3 is 0 Å². The van der Waals surface area contributed by atoms with E-state index in [1.54, 1.807) is 0 Å². The van der Waals surface area contributed by atoms with Crippen LogP contribution in [0.15, 0.2) is 48.5 Å². The molecule has 2 unspecified atom stereocenters. The van der Waals surface area contributed by atoms with E-state index in [1.807, 2.05) is 55.1 Å². The summed E-state index contributed by atoms with van der Waals surface area (Å²) in [6, 6.07) is 15.7. The fraction of sp³-hybridized carbons (Fsp3) is 0.391. The van der Waals surface area contributed by atoms with Crippen molar-refractivity contribution in [1.82, 2.24) is 4.90 Å². The van der Waals surface area contributed by atoms with Gasteiger partial charge in [-0.05, 0) is 49.9 Å². The van der Waals surface area contributed by atoms with Crippen molar-refractivity contribution in [1.29, 1.82) is 0 Å². The van der Waals surface area contributed by atoms with Crippen LogP contribution < -0.4 is 10.1 Å². The van der Waals surface area contributed by atoms with E-state index in [0.717, 1.165) is 13.0 Å². The third kappa shape index (κ3) is 3.88. The third-order valence-electron chi connectivity index (χ3n) is 5.39. The number of carbonyl (C=O) groups is 2. The predicted octanol–water partition coefficient (Wildman–Crippen LogP) is 3.63. The van der Waals surface area contributed by atoms with Crippen LogP contribution in [0.1, 0.15) is 31.4 Å². The number of ether oxygens (including phenoxy) is 1. The van der Waals surface area contributed by atoms with Crippen molar-refractivity contribution >= 4 is 17.5 Å². The van der Waals surface area contributed by atoms with Gasteiger partial charge in [-0.2, -0.15) is 0 Å². The number of fused-ring (bicyclic) bond motifs is 1. The highest BCUT2D eigenvalue weighted by molar-refractivity contribution is 6.00. The lowest BCUT2D eigenvalue weighted by atomic mass is 9.99. The first kappa shape index (κ1) is 18.5. The molecule has 1 aliphatic heterocycles. The summed E-state index contributed by atoms with van der Waals surface area (Å²) >= 11 is 0. The van der Waals surface area contributed by atoms with E-state index < -0.39 is 0 Å². The van der Waals surface area contributed by atoms with E-state index in [-0.39, 0.29) is 29.8 Å². The normalized spacial score (nSPS) is 20.5. The summed E-state index contributed by atoms with van der Waals surface area (Å²) in [5.41, 5.74) is 3.19. The Hall–Kier alpha value is -2.82. The molecule has 2 atom stereocenters. The maximum Gasteiger partial charge on any atom is 0.228 e. The molecule has 4 rings (SSSR count). The topological polar surface area (TPSA) is 58.6 Å². The number of hydrogen-bond donors (Lipinski definition) is 1. The smallest absolute Gasteiger partial charge is 0.228 e. The van der Waals surface area contributed by atoms with Crippen LogP contribution in [0.5, 0.6) is 5.75 Å². The maximum atomic E-state index is 12.9. The van der Waals surface area contributed by atoms with Crippen molar-refractivity contribution in [2.75, 3.05) is 11.9 Å². The van der Waals surface area contributed by atoms with Crippen LogP contribution in [-0.4, -0.2) is 29.4 Å². The van der Waals surface area contributed by atoms with Crippen molar-refractivity contribution < 1.29 is 14.3 Å². The zero-order valence-electron chi connectivity index (χ0n) is 16.4. The third-order valence-corrected chi connectivity index (χ3v) is 5.39. The Morgan fingerprint density at radius 3 is 2.54 bits per heavy atom. The minimum Gasteiger partial charge on any atom is -0.489 e. The van der Waals surface area contributed by atoms with E-state index in [9.17, 15) is 9.59 Å². The summed E-state index contributed by atoms with van der Waals surface area (Å²) in [6.45, 7) is 5.27. The molecule has 2 aromatic rings. The Morgan fingerprint density at radius 2 is 1.75 bits per heavy atom. The van der Waals surface area contributed by atoms with Gasteiger partial charge in [-0.25, -0.2) is 0 Å². The van der Waals surface area contributed by atoms with Crippen molar-refractivity contribution in [3.8, 4) is 5.75 Å². The molecular weight excluding hydrogens is 352 g/mol. The van der Waals surface area contributed by atoms with Gasteiger partial charge in [0.1, 0.15) is 5.75 Å². The van der Waals surface area contributed by atoms with Gasteiger partial charge in [0.15, 0.2) is 0 Å². The van der Waals surface area contributed by atoms with Gasteiger partial charge in [-0.15, -0.1) is 0 Å². The van der Waals surface area contributed by atoms with Crippen molar-refractivity contribution in [3.05, 3.63) is 59.7 Å². The number of para-hydroxylation sites is 2. The molecule has 2 aliphatic rings. The molecule has 1 saturated carbocycles. The van der Waals surface area contributed by atoms with Gasteiger partial charge in [0, 0.05) is 13.1 Å².